The van der Waals surface area contributed by atoms with E-state index in [1.54, 1.807) is 21.7 Å². The third-order valence-corrected chi connectivity index (χ3v) is 5.50. The predicted molar refractivity (Wildman–Crippen MR) is 119 cm³/mol. The van der Waals surface area contributed by atoms with Crippen LogP contribution >= 0.6 is 0 Å². The number of rotatable bonds is 3. The number of nitrogens with two attached hydrogens (primary N) is 1. The summed E-state index contributed by atoms with van der Waals surface area (Å²) in [5.74, 6) is -0.216. The van der Waals surface area contributed by atoms with E-state index in [1.165, 1.54) is 5.56 Å². The van der Waals surface area contributed by atoms with Gasteiger partial charge < -0.3 is 15.4 Å². The summed E-state index contributed by atoms with van der Waals surface area (Å²) in [4.78, 5) is 25.9. The van der Waals surface area contributed by atoms with Crippen LogP contribution in [0.25, 0.3) is 16.6 Å². The summed E-state index contributed by atoms with van der Waals surface area (Å²) in [5.41, 5.74) is 8.07. The van der Waals surface area contributed by atoms with Crippen LogP contribution in [0, 0.1) is 0 Å². The summed E-state index contributed by atoms with van der Waals surface area (Å²) < 4.78 is 7.29. The molecule has 4 rings (SSSR count). The molecule has 1 fully saturated rings. The van der Waals surface area contributed by atoms with Gasteiger partial charge in [0.15, 0.2) is 0 Å². The van der Waals surface area contributed by atoms with E-state index in [-0.39, 0.29) is 12.0 Å². The normalized spacial score (nSPS) is 17.0. The minimum Gasteiger partial charge on any atom is -0.444 e. The maximum atomic E-state index is 12.4. The van der Waals surface area contributed by atoms with Gasteiger partial charge in [-0.15, -0.1) is 0 Å². The second kappa shape index (κ2) is 8.06. The molecule has 1 aliphatic heterocycles. The highest BCUT2D eigenvalue weighted by molar-refractivity contribution is 6.04. The molecule has 7 heteroatoms. The zero-order valence-electron chi connectivity index (χ0n) is 18.2. The molecule has 31 heavy (non-hydrogen) atoms. The zero-order valence-corrected chi connectivity index (χ0v) is 18.2. The third-order valence-electron chi connectivity index (χ3n) is 5.50. The van der Waals surface area contributed by atoms with E-state index in [2.05, 4.69) is 17.2 Å². The number of hydrogen-bond donors (Lipinski definition) is 1. The number of carbonyl (C=O) groups excluding carboxylic acids is 2. The second-order valence-electron chi connectivity index (χ2n) is 9.04. The Bertz CT molecular complexity index is 1110. The SMILES string of the molecule is CC(C)(C)OC(=O)N1CCC[C@H](c2ccc(-n3cc4cccc(C(N)=O)c4n3)cc2)C1. The lowest BCUT2D eigenvalue weighted by Crippen LogP contribution is -2.42. The highest BCUT2D eigenvalue weighted by atomic mass is 16.6. The van der Waals surface area contributed by atoms with Gasteiger partial charge in [0.05, 0.1) is 11.3 Å². The molecule has 0 bridgehead atoms. The van der Waals surface area contributed by atoms with Crippen molar-refractivity contribution in [2.75, 3.05) is 13.1 Å². The average Bonchev–Trinajstić information content (AvgIpc) is 3.17. The molecule has 0 radical (unpaired) electrons. The first kappa shape index (κ1) is 20.9. The summed E-state index contributed by atoms with van der Waals surface area (Å²) in [6.45, 7) is 7.04. The van der Waals surface area contributed by atoms with Crippen molar-refractivity contribution in [1.29, 1.82) is 0 Å². The number of piperidine rings is 1. The topological polar surface area (TPSA) is 90.5 Å². The number of aromatic nitrogens is 2. The number of hydrogen-bond acceptors (Lipinski definition) is 4. The molecule has 0 saturated carbocycles. The van der Waals surface area contributed by atoms with Crippen LogP contribution in [0.15, 0.2) is 48.7 Å². The fourth-order valence-corrected chi connectivity index (χ4v) is 4.02. The Balaban J connectivity index is 1.52. The van der Waals surface area contributed by atoms with Crippen molar-refractivity contribution in [2.24, 2.45) is 5.73 Å². The molecule has 162 valence electrons. The Morgan fingerprint density at radius 3 is 2.55 bits per heavy atom. The van der Waals surface area contributed by atoms with Gasteiger partial charge >= 0.3 is 6.09 Å². The molecule has 2 amide bonds. The smallest absolute Gasteiger partial charge is 0.410 e. The van der Waals surface area contributed by atoms with Gasteiger partial charge in [0.25, 0.3) is 5.91 Å². The molecule has 2 heterocycles. The Kier molecular flexibility index (Phi) is 5.43. The molecule has 1 aliphatic rings. The summed E-state index contributed by atoms with van der Waals surface area (Å²) in [5, 5.41) is 5.42. The largest absolute Gasteiger partial charge is 0.444 e. The van der Waals surface area contributed by atoms with Crippen LogP contribution in [0.4, 0.5) is 4.79 Å². The number of primary amides is 1. The van der Waals surface area contributed by atoms with Crippen LogP contribution in [0.5, 0.6) is 0 Å². The molecular formula is C24H28N4O3. The van der Waals surface area contributed by atoms with Gasteiger partial charge in [-0.3, -0.25) is 4.79 Å². The molecule has 1 aromatic heterocycles. The molecule has 1 saturated heterocycles. The lowest BCUT2D eigenvalue weighted by Gasteiger charge is -2.34. The van der Waals surface area contributed by atoms with E-state index in [0.717, 1.165) is 30.5 Å². The molecule has 3 aromatic rings. The maximum absolute atomic E-state index is 12.4. The molecule has 0 aliphatic carbocycles. The number of fused-ring (bicyclic) bond motifs is 1. The average molecular weight is 421 g/mol. The van der Waals surface area contributed by atoms with Crippen molar-refractivity contribution in [3.05, 3.63) is 59.8 Å². The van der Waals surface area contributed by atoms with Crippen LogP contribution in [0.3, 0.4) is 0 Å². The van der Waals surface area contributed by atoms with Gasteiger partial charge in [0.1, 0.15) is 11.1 Å². The highest BCUT2D eigenvalue weighted by Gasteiger charge is 2.28. The van der Waals surface area contributed by atoms with Gasteiger partial charge in [-0.2, -0.15) is 5.10 Å². The number of likely N-dealkylation sites (tertiary alicyclic amines) is 1. The van der Waals surface area contributed by atoms with E-state index in [0.29, 0.717) is 17.6 Å². The maximum Gasteiger partial charge on any atom is 0.410 e. The lowest BCUT2D eigenvalue weighted by atomic mass is 9.91. The second-order valence-corrected chi connectivity index (χ2v) is 9.04. The van der Waals surface area contributed by atoms with Gasteiger partial charge in [0.2, 0.25) is 0 Å². The van der Waals surface area contributed by atoms with Crippen molar-refractivity contribution in [3.8, 4) is 5.69 Å². The Morgan fingerprint density at radius 2 is 1.87 bits per heavy atom. The molecule has 0 spiro atoms. The fraction of sp³-hybridized carbons (Fsp3) is 0.375. The monoisotopic (exact) mass is 420 g/mol. The van der Waals surface area contributed by atoms with Crippen LogP contribution in [0.2, 0.25) is 0 Å². The Hall–Kier alpha value is -3.35. The number of carbonyl (C=O) groups is 2. The van der Waals surface area contributed by atoms with Crippen LogP contribution < -0.4 is 5.73 Å². The van der Waals surface area contributed by atoms with E-state index in [4.69, 9.17) is 10.5 Å². The highest BCUT2D eigenvalue weighted by Crippen LogP contribution is 2.29. The van der Waals surface area contributed by atoms with Gasteiger partial charge in [0, 0.05) is 30.6 Å². The molecule has 1 atom stereocenters. The number of amides is 2. The van der Waals surface area contributed by atoms with Crippen LogP contribution in [0.1, 0.15) is 55.5 Å². The summed E-state index contributed by atoms with van der Waals surface area (Å²) >= 11 is 0. The molecule has 0 unspecified atom stereocenters. The van der Waals surface area contributed by atoms with E-state index in [9.17, 15) is 9.59 Å². The summed E-state index contributed by atoms with van der Waals surface area (Å²) in [7, 11) is 0. The predicted octanol–water partition coefficient (Wildman–Crippen LogP) is 4.24. The summed E-state index contributed by atoms with van der Waals surface area (Å²) in [6.07, 6.45) is 3.63. The van der Waals surface area contributed by atoms with Crippen LogP contribution in [-0.2, 0) is 4.74 Å². The minimum absolute atomic E-state index is 0.248. The van der Waals surface area contributed by atoms with E-state index < -0.39 is 11.5 Å². The van der Waals surface area contributed by atoms with Crippen molar-refractivity contribution < 1.29 is 14.3 Å². The minimum atomic E-state index is -0.493. The van der Waals surface area contributed by atoms with Gasteiger partial charge in [-0.25, -0.2) is 9.48 Å². The first-order valence-electron chi connectivity index (χ1n) is 10.6. The fourth-order valence-electron chi connectivity index (χ4n) is 4.02. The number of ether oxygens (including phenoxy) is 1. The van der Waals surface area contributed by atoms with E-state index >= 15 is 0 Å². The Labute approximate surface area is 181 Å². The molecular weight excluding hydrogens is 392 g/mol. The third kappa shape index (κ3) is 4.55. The van der Waals surface area contributed by atoms with Crippen molar-refractivity contribution in [2.45, 2.75) is 45.1 Å². The molecule has 2 aromatic carbocycles. The van der Waals surface area contributed by atoms with Crippen LogP contribution in [-0.4, -0.2) is 45.4 Å². The number of nitrogens with zero attached hydrogens (tertiary/aromatic N) is 3. The van der Waals surface area contributed by atoms with Gasteiger partial charge in [-0.05, 0) is 57.4 Å². The van der Waals surface area contributed by atoms with E-state index in [1.807, 2.05) is 45.2 Å². The lowest BCUT2D eigenvalue weighted by molar-refractivity contribution is 0.0198. The number of benzene rings is 2. The first-order valence-corrected chi connectivity index (χ1v) is 10.6. The molecule has 2 N–H and O–H groups in total. The van der Waals surface area contributed by atoms with Crippen molar-refractivity contribution in [1.82, 2.24) is 14.7 Å². The summed E-state index contributed by atoms with van der Waals surface area (Å²) in [6, 6.07) is 13.6. The quantitative estimate of drug-likeness (QED) is 0.686. The first-order chi connectivity index (χ1) is 14.7. The van der Waals surface area contributed by atoms with Crippen molar-refractivity contribution in [3.63, 3.8) is 0 Å². The Morgan fingerprint density at radius 1 is 1.13 bits per heavy atom. The zero-order chi connectivity index (χ0) is 22.2. The van der Waals surface area contributed by atoms with Crippen molar-refractivity contribution >= 4 is 22.9 Å². The molecule has 7 nitrogen and oxygen atoms in total. The standard InChI is InChI=1S/C24H28N4O3/c1-24(2,3)31-23(30)27-13-5-7-17(14-27)16-9-11-19(12-10-16)28-15-18-6-4-8-20(22(25)29)21(18)26-28/h4,6,8-12,15,17H,5,7,13-14H2,1-3H3,(H2,25,29)/t17-/m0/s1. The van der Waals surface area contributed by atoms with Gasteiger partial charge in [-0.1, -0.05) is 24.3 Å².